The van der Waals surface area contributed by atoms with Crippen LogP contribution >= 0.6 is 0 Å². The number of nitrogens with one attached hydrogen (secondary N) is 1. The van der Waals surface area contributed by atoms with Crippen molar-refractivity contribution in [3.05, 3.63) is 12.2 Å². The summed E-state index contributed by atoms with van der Waals surface area (Å²) >= 11 is 0. The molecule has 4 heteroatoms. The molecule has 0 aromatic heterocycles. The molecule has 140 valence electrons. The molecule has 0 radical (unpaired) electrons. The molecule has 0 aromatic carbocycles. The molecule has 0 aromatic rings. The van der Waals surface area contributed by atoms with Gasteiger partial charge < -0.3 is 10.2 Å². The van der Waals surface area contributed by atoms with Crippen LogP contribution in [0.25, 0.3) is 0 Å². The van der Waals surface area contributed by atoms with Gasteiger partial charge in [-0.3, -0.25) is 9.59 Å². The number of allylic oxidation sites excluding steroid dienone is 2. The van der Waals surface area contributed by atoms with E-state index in [0.29, 0.717) is 12.3 Å². The fourth-order valence-electron chi connectivity index (χ4n) is 5.00. The van der Waals surface area contributed by atoms with Gasteiger partial charge in [-0.25, -0.2) is 0 Å². The Kier molecular flexibility index (Phi) is 6.19. The van der Waals surface area contributed by atoms with E-state index in [9.17, 15) is 9.59 Å². The normalized spacial score (nSPS) is 28.8. The van der Waals surface area contributed by atoms with E-state index in [-0.39, 0.29) is 17.2 Å². The number of carbonyl (C=O) groups is 2. The minimum Gasteiger partial charge on any atom is -0.345 e. The van der Waals surface area contributed by atoms with Crippen molar-refractivity contribution in [2.24, 2.45) is 11.3 Å². The standard InChI is InChI=1S/C21H34N2O2/c1-17(22-19(24)15-18-9-4-2-5-10-18)20(25)23-14-8-13-21(16-23)11-6-3-7-12-21/h3,6,17-18H,2,4-5,7-16H2,1H3,(H,22,24)/t17-,21+/m0/s1. The Morgan fingerprint density at radius 1 is 1.16 bits per heavy atom. The van der Waals surface area contributed by atoms with Gasteiger partial charge in [-0.2, -0.15) is 0 Å². The molecule has 0 bridgehead atoms. The lowest BCUT2D eigenvalue weighted by molar-refractivity contribution is -0.139. The average molecular weight is 347 g/mol. The third-order valence-electron chi connectivity index (χ3n) is 6.48. The number of piperidine rings is 1. The van der Waals surface area contributed by atoms with Crippen molar-refractivity contribution < 1.29 is 9.59 Å². The quantitative estimate of drug-likeness (QED) is 0.787. The van der Waals surface area contributed by atoms with E-state index < -0.39 is 6.04 Å². The second kappa shape index (κ2) is 8.37. The predicted octanol–water partition coefficient (Wildman–Crippen LogP) is 3.81. The summed E-state index contributed by atoms with van der Waals surface area (Å²) in [6, 6.07) is -0.398. The number of nitrogens with zero attached hydrogens (tertiary/aromatic N) is 1. The van der Waals surface area contributed by atoms with E-state index >= 15 is 0 Å². The Morgan fingerprint density at radius 3 is 2.68 bits per heavy atom. The van der Waals surface area contributed by atoms with Crippen LogP contribution in [0.5, 0.6) is 0 Å². The molecule has 2 atom stereocenters. The van der Waals surface area contributed by atoms with Gasteiger partial charge in [-0.05, 0) is 63.2 Å². The first kappa shape index (κ1) is 18.5. The van der Waals surface area contributed by atoms with Crippen LogP contribution in [0.3, 0.4) is 0 Å². The maximum absolute atomic E-state index is 12.8. The lowest BCUT2D eigenvalue weighted by Crippen LogP contribution is -2.53. The van der Waals surface area contributed by atoms with Crippen molar-refractivity contribution in [3.8, 4) is 0 Å². The highest BCUT2D eigenvalue weighted by molar-refractivity contribution is 5.87. The summed E-state index contributed by atoms with van der Waals surface area (Å²) in [5.41, 5.74) is 0.286. The Morgan fingerprint density at radius 2 is 1.96 bits per heavy atom. The molecule has 3 aliphatic rings. The number of likely N-dealkylation sites (tertiary alicyclic amines) is 1. The third-order valence-corrected chi connectivity index (χ3v) is 6.48. The fourth-order valence-corrected chi connectivity index (χ4v) is 5.00. The third kappa shape index (κ3) is 4.86. The van der Waals surface area contributed by atoms with Crippen LogP contribution in [0.1, 0.15) is 77.6 Å². The van der Waals surface area contributed by atoms with Crippen molar-refractivity contribution in [1.82, 2.24) is 10.2 Å². The molecule has 1 saturated heterocycles. The van der Waals surface area contributed by atoms with Gasteiger partial charge in [-0.15, -0.1) is 0 Å². The summed E-state index contributed by atoms with van der Waals surface area (Å²) in [7, 11) is 0. The van der Waals surface area contributed by atoms with Crippen LogP contribution in [-0.4, -0.2) is 35.8 Å². The molecule has 1 N–H and O–H groups in total. The summed E-state index contributed by atoms with van der Waals surface area (Å²) in [6.45, 7) is 3.55. The molecule has 4 nitrogen and oxygen atoms in total. The zero-order chi connectivity index (χ0) is 17.7. The topological polar surface area (TPSA) is 49.4 Å². The minimum absolute atomic E-state index is 0.0556. The zero-order valence-electron chi connectivity index (χ0n) is 15.8. The highest BCUT2D eigenvalue weighted by atomic mass is 16.2. The molecule has 1 spiro atoms. The molecule has 1 aliphatic heterocycles. The van der Waals surface area contributed by atoms with Gasteiger partial charge in [0.05, 0.1) is 0 Å². The van der Waals surface area contributed by atoms with Crippen LogP contribution in [0.15, 0.2) is 12.2 Å². The number of hydrogen-bond donors (Lipinski definition) is 1. The largest absolute Gasteiger partial charge is 0.345 e. The van der Waals surface area contributed by atoms with Gasteiger partial charge in [-0.1, -0.05) is 31.4 Å². The lowest BCUT2D eigenvalue weighted by atomic mass is 9.71. The summed E-state index contributed by atoms with van der Waals surface area (Å²) in [6.07, 6.45) is 17.0. The van der Waals surface area contributed by atoms with Crippen molar-refractivity contribution in [1.29, 1.82) is 0 Å². The van der Waals surface area contributed by atoms with E-state index in [1.807, 2.05) is 11.8 Å². The summed E-state index contributed by atoms with van der Waals surface area (Å²) < 4.78 is 0. The maximum atomic E-state index is 12.8. The SMILES string of the molecule is C[C@H](NC(=O)CC1CCCCC1)C(=O)N1CCC[C@]2(CC=CCC2)C1. The molecule has 0 unspecified atom stereocenters. The van der Waals surface area contributed by atoms with Crippen molar-refractivity contribution in [3.63, 3.8) is 0 Å². The van der Waals surface area contributed by atoms with Crippen LogP contribution < -0.4 is 5.32 Å². The van der Waals surface area contributed by atoms with Crippen molar-refractivity contribution >= 4 is 11.8 Å². The molecule has 2 amide bonds. The van der Waals surface area contributed by atoms with E-state index in [1.165, 1.54) is 32.1 Å². The molecule has 1 heterocycles. The first-order valence-corrected chi connectivity index (χ1v) is 10.3. The highest BCUT2D eigenvalue weighted by Crippen LogP contribution is 2.40. The Labute approximate surface area is 152 Å². The number of amides is 2. The van der Waals surface area contributed by atoms with E-state index in [2.05, 4.69) is 17.5 Å². The maximum Gasteiger partial charge on any atom is 0.244 e. The Hall–Kier alpha value is -1.32. The second-order valence-electron chi connectivity index (χ2n) is 8.57. The van der Waals surface area contributed by atoms with Gasteiger partial charge in [0.1, 0.15) is 6.04 Å². The molecule has 2 fully saturated rings. The van der Waals surface area contributed by atoms with Gasteiger partial charge in [0.2, 0.25) is 11.8 Å². The molecular formula is C21H34N2O2. The molecule has 3 rings (SSSR count). The number of carbonyl (C=O) groups excluding carboxylic acids is 2. The van der Waals surface area contributed by atoms with E-state index in [1.54, 1.807) is 0 Å². The van der Waals surface area contributed by atoms with Crippen LogP contribution in [-0.2, 0) is 9.59 Å². The average Bonchev–Trinajstić information content (AvgIpc) is 2.62. The number of hydrogen-bond acceptors (Lipinski definition) is 2. The fraction of sp³-hybridized carbons (Fsp3) is 0.810. The highest BCUT2D eigenvalue weighted by Gasteiger charge is 2.37. The van der Waals surface area contributed by atoms with Crippen LogP contribution in [0.2, 0.25) is 0 Å². The number of rotatable bonds is 4. The zero-order valence-corrected chi connectivity index (χ0v) is 15.8. The van der Waals surface area contributed by atoms with Gasteiger partial charge in [0, 0.05) is 19.5 Å². The van der Waals surface area contributed by atoms with Gasteiger partial charge >= 0.3 is 0 Å². The van der Waals surface area contributed by atoms with Gasteiger partial charge in [0.15, 0.2) is 0 Å². The smallest absolute Gasteiger partial charge is 0.244 e. The second-order valence-corrected chi connectivity index (χ2v) is 8.57. The van der Waals surface area contributed by atoms with Crippen LogP contribution in [0.4, 0.5) is 0 Å². The molecule has 25 heavy (non-hydrogen) atoms. The monoisotopic (exact) mass is 346 g/mol. The Bertz CT molecular complexity index is 510. The van der Waals surface area contributed by atoms with Crippen molar-refractivity contribution in [2.45, 2.75) is 83.6 Å². The summed E-state index contributed by atoms with van der Waals surface area (Å²) in [5.74, 6) is 0.675. The van der Waals surface area contributed by atoms with E-state index in [0.717, 1.165) is 45.2 Å². The summed E-state index contributed by atoms with van der Waals surface area (Å²) in [5, 5.41) is 2.97. The molecule has 2 aliphatic carbocycles. The molecular weight excluding hydrogens is 312 g/mol. The van der Waals surface area contributed by atoms with E-state index in [4.69, 9.17) is 0 Å². The lowest BCUT2D eigenvalue weighted by Gasteiger charge is -2.44. The van der Waals surface area contributed by atoms with Crippen LogP contribution in [0, 0.1) is 11.3 Å². The Balaban J connectivity index is 1.49. The predicted molar refractivity (Wildman–Crippen MR) is 100 cm³/mol. The molecule has 1 saturated carbocycles. The minimum atomic E-state index is -0.398. The first-order chi connectivity index (χ1) is 12.1. The van der Waals surface area contributed by atoms with Crippen molar-refractivity contribution in [2.75, 3.05) is 13.1 Å². The first-order valence-electron chi connectivity index (χ1n) is 10.3. The van der Waals surface area contributed by atoms with Gasteiger partial charge in [0.25, 0.3) is 0 Å². The summed E-state index contributed by atoms with van der Waals surface area (Å²) in [4.78, 5) is 27.2.